The zero-order valence-electron chi connectivity index (χ0n) is 11.5. The lowest BCUT2D eigenvalue weighted by Crippen LogP contribution is -2.24. The molecule has 0 bridgehead atoms. The van der Waals surface area contributed by atoms with Crippen LogP contribution in [0, 0.1) is 5.92 Å². The van der Waals surface area contributed by atoms with E-state index in [2.05, 4.69) is 43.6 Å². The summed E-state index contributed by atoms with van der Waals surface area (Å²) in [5.74, 6) is 1.60. The number of carbonyl (C=O) groups excluding carboxylic acids is 1. The zero-order chi connectivity index (χ0) is 13.8. The minimum Gasteiger partial charge on any atom is -0.549 e. The summed E-state index contributed by atoms with van der Waals surface area (Å²) in [5, 5.41) is 0.646. The van der Waals surface area contributed by atoms with Gasteiger partial charge in [0, 0.05) is 5.56 Å². The van der Waals surface area contributed by atoms with Crippen LogP contribution in [0.4, 0.5) is 0 Å². The zero-order valence-corrected chi connectivity index (χ0v) is 14.5. The molecule has 0 saturated carbocycles. The molecule has 0 aliphatic rings. The van der Waals surface area contributed by atoms with Gasteiger partial charge in [-0.25, -0.2) is 0 Å². The lowest BCUT2D eigenvalue weighted by atomic mass is 9.99. The molecule has 0 aliphatic heterocycles. The first-order valence-corrected chi connectivity index (χ1v) is 8.59. The topological polar surface area (TPSA) is 26.3 Å². The van der Waals surface area contributed by atoms with Crippen LogP contribution in [-0.2, 0) is 0 Å². The Balaban J connectivity index is 2.62. The van der Waals surface area contributed by atoms with Gasteiger partial charge in [-0.2, -0.15) is 0 Å². The number of ketones is 1. The molecule has 1 rings (SSSR count). The maximum atomic E-state index is 11.5. The van der Waals surface area contributed by atoms with E-state index in [4.69, 9.17) is 4.43 Å². The summed E-state index contributed by atoms with van der Waals surface area (Å²) in [7, 11) is -0.638. The van der Waals surface area contributed by atoms with Gasteiger partial charge in [-0.1, -0.05) is 43.6 Å². The van der Waals surface area contributed by atoms with Crippen molar-refractivity contribution in [3.63, 3.8) is 0 Å². The molecule has 0 spiro atoms. The third-order valence-corrected chi connectivity index (χ3v) is 6.02. The molecule has 100 valence electrons. The lowest BCUT2D eigenvalue weighted by molar-refractivity contribution is 0.102. The van der Waals surface area contributed by atoms with Gasteiger partial charge in [-0.3, -0.25) is 4.79 Å². The third-order valence-electron chi connectivity index (χ3n) is 3.47. The number of halogens is 1. The molecule has 0 radical (unpaired) electrons. The van der Waals surface area contributed by atoms with Crippen LogP contribution in [0.3, 0.4) is 0 Å². The fourth-order valence-electron chi connectivity index (χ4n) is 1.25. The molecule has 0 aromatic heterocycles. The van der Waals surface area contributed by atoms with E-state index in [0.717, 1.165) is 11.3 Å². The van der Waals surface area contributed by atoms with Gasteiger partial charge < -0.3 is 4.43 Å². The summed E-state index contributed by atoms with van der Waals surface area (Å²) in [4.78, 5) is 11.5. The lowest BCUT2D eigenvalue weighted by Gasteiger charge is -2.28. The van der Waals surface area contributed by atoms with E-state index in [1.165, 1.54) is 0 Å². The Hall–Kier alpha value is -0.613. The summed E-state index contributed by atoms with van der Waals surface area (Å²) in [5.41, 5.74) is 0.726. The molecule has 1 aromatic rings. The summed E-state index contributed by atoms with van der Waals surface area (Å²) < 4.78 is 5.92. The van der Waals surface area contributed by atoms with Gasteiger partial charge in [0.15, 0.2) is 5.78 Å². The van der Waals surface area contributed by atoms with Crippen molar-refractivity contribution in [1.29, 1.82) is 0 Å². The van der Waals surface area contributed by atoms with Gasteiger partial charge in [0.2, 0.25) is 9.76 Å². The number of rotatable bonds is 6. The molecule has 1 aromatic carbocycles. The molecule has 2 nitrogen and oxygen atoms in total. The Bertz CT molecular complexity index is 399. The second-order valence-electron chi connectivity index (χ2n) is 5.51. The maximum Gasteiger partial charge on any atom is 0.225 e. The molecule has 0 N–H and O–H groups in total. The van der Waals surface area contributed by atoms with Crippen molar-refractivity contribution in [2.75, 3.05) is 5.33 Å². The fourth-order valence-corrected chi connectivity index (χ4v) is 2.64. The SMILES string of the molecule is CC(C)C(C)(C)[SiH2]Oc1ccc(C(=O)CBr)cc1. The third kappa shape index (κ3) is 4.25. The van der Waals surface area contributed by atoms with E-state index < -0.39 is 9.76 Å². The van der Waals surface area contributed by atoms with Gasteiger partial charge in [-0.15, -0.1) is 0 Å². The second kappa shape index (κ2) is 6.52. The van der Waals surface area contributed by atoms with Crippen molar-refractivity contribution in [3.8, 4) is 5.75 Å². The molecule has 0 heterocycles. The van der Waals surface area contributed by atoms with Crippen molar-refractivity contribution in [1.82, 2.24) is 0 Å². The average Bonchev–Trinajstić information content (AvgIpc) is 2.36. The smallest absolute Gasteiger partial charge is 0.225 e. The summed E-state index contributed by atoms with van der Waals surface area (Å²) >= 11 is 3.17. The number of carbonyl (C=O) groups is 1. The first kappa shape index (κ1) is 15.4. The minimum atomic E-state index is -0.638. The van der Waals surface area contributed by atoms with E-state index in [1.54, 1.807) is 0 Å². The van der Waals surface area contributed by atoms with Crippen molar-refractivity contribution in [2.45, 2.75) is 32.7 Å². The van der Waals surface area contributed by atoms with Crippen molar-refractivity contribution in [2.24, 2.45) is 5.92 Å². The van der Waals surface area contributed by atoms with E-state index in [0.29, 0.717) is 11.2 Å². The highest BCUT2D eigenvalue weighted by Gasteiger charge is 2.24. The average molecular weight is 329 g/mol. The minimum absolute atomic E-state index is 0.0984. The highest BCUT2D eigenvalue weighted by atomic mass is 79.9. The number of Topliss-reactive ketones (excluding diaryl/α,β-unsaturated/α-hetero) is 1. The normalized spacial score (nSPS) is 12.3. The predicted molar refractivity (Wildman–Crippen MR) is 82.6 cm³/mol. The van der Waals surface area contributed by atoms with Crippen molar-refractivity contribution in [3.05, 3.63) is 29.8 Å². The Labute approximate surface area is 120 Å². The molecular weight excluding hydrogens is 308 g/mol. The van der Waals surface area contributed by atoms with E-state index in [1.807, 2.05) is 24.3 Å². The van der Waals surface area contributed by atoms with Gasteiger partial charge in [0.1, 0.15) is 5.75 Å². The number of benzene rings is 1. The summed E-state index contributed by atoms with van der Waals surface area (Å²) in [6, 6.07) is 7.43. The van der Waals surface area contributed by atoms with Crippen molar-refractivity contribution >= 4 is 31.5 Å². The van der Waals surface area contributed by atoms with E-state index >= 15 is 0 Å². The molecule has 4 heteroatoms. The molecule has 0 atom stereocenters. The number of alkyl halides is 1. The van der Waals surface area contributed by atoms with Crippen molar-refractivity contribution < 1.29 is 9.22 Å². The first-order chi connectivity index (χ1) is 8.36. The highest BCUT2D eigenvalue weighted by molar-refractivity contribution is 9.09. The highest BCUT2D eigenvalue weighted by Crippen LogP contribution is 2.33. The molecule has 0 unspecified atom stereocenters. The Morgan fingerprint density at radius 2 is 1.89 bits per heavy atom. The van der Waals surface area contributed by atoms with Gasteiger partial charge in [-0.05, 0) is 35.2 Å². The van der Waals surface area contributed by atoms with Crippen LogP contribution in [0.15, 0.2) is 24.3 Å². The molecular formula is C14H21BrO2Si. The Kier molecular flexibility index (Phi) is 5.60. The molecule has 0 aliphatic carbocycles. The Morgan fingerprint density at radius 1 is 1.33 bits per heavy atom. The second-order valence-corrected chi connectivity index (χ2v) is 8.47. The van der Waals surface area contributed by atoms with E-state index in [9.17, 15) is 4.79 Å². The Morgan fingerprint density at radius 3 is 2.33 bits per heavy atom. The first-order valence-electron chi connectivity index (χ1n) is 6.19. The number of hydrogen-bond donors (Lipinski definition) is 0. The maximum absolute atomic E-state index is 11.5. The number of hydrogen-bond acceptors (Lipinski definition) is 2. The van der Waals surface area contributed by atoms with Crippen LogP contribution >= 0.6 is 15.9 Å². The molecule has 0 fully saturated rings. The quantitative estimate of drug-likeness (QED) is 0.453. The van der Waals surface area contributed by atoms with Crippen LogP contribution in [0.5, 0.6) is 5.75 Å². The van der Waals surface area contributed by atoms with Crippen LogP contribution in [0.25, 0.3) is 0 Å². The van der Waals surface area contributed by atoms with Gasteiger partial charge in [0.05, 0.1) is 5.33 Å². The van der Waals surface area contributed by atoms with Gasteiger partial charge in [0.25, 0.3) is 0 Å². The van der Waals surface area contributed by atoms with Gasteiger partial charge >= 0.3 is 0 Å². The standard InChI is InChI=1S/C14H21BrO2Si/c1-10(2)14(3,4)18-17-12-7-5-11(6-8-12)13(16)9-15/h5-8,10H,9,18H2,1-4H3. The monoisotopic (exact) mass is 328 g/mol. The van der Waals surface area contributed by atoms with Crippen LogP contribution in [0.2, 0.25) is 5.04 Å². The molecule has 0 saturated heterocycles. The predicted octanol–water partition coefficient (Wildman–Crippen LogP) is 3.58. The molecule has 18 heavy (non-hydrogen) atoms. The van der Waals surface area contributed by atoms with Crippen LogP contribution < -0.4 is 4.43 Å². The summed E-state index contributed by atoms with van der Waals surface area (Å²) in [6.07, 6.45) is 0. The largest absolute Gasteiger partial charge is 0.549 e. The van der Waals surface area contributed by atoms with Crippen LogP contribution in [-0.4, -0.2) is 20.9 Å². The molecule has 0 amide bonds. The fraction of sp³-hybridized carbons (Fsp3) is 0.500. The van der Waals surface area contributed by atoms with Crippen LogP contribution in [0.1, 0.15) is 38.1 Å². The summed E-state index contributed by atoms with van der Waals surface area (Å²) in [6.45, 7) is 8.97. The van der Waals surface area contributed by atoms with E-state index in [-0.39, 0.29) is 10.8 Å².